The summed E-state index contributed by atoms with van der Waals surface area (Å²) in [6.07, 6.45) is 2.69. The number of carbonyl (C=O) groups excluding carboxylic acids is 1. The van der Waals surface area contributed by atoms with Crippen LogP contribution in [0, 0.1) is 0 Å². The first-order chi connectivity index (χ1) is 15.3. The van der Waals surface area contributed by atoms with E-state index in [1.807, 2.05) is 0 Å². The van der Waals surface area contributed by atoms with E-state index in [0.29, 0.717) is 30.8 Å². The third kappa shape index (κ3) is 8.58. The maximum atomic E-state index is 13.5. The van der Waals surface area contributed by atoms with Crippen LogP contribution in [0.5, 0.6) is 5.75 Å². The molecule has 0 aliphatic heterocycles. The Balaban J connectivity index is 2.81. The fraction of sp³-hybridized carbons (Fsp3) is 0.591. The van der Waals surface area contributed by atoms with Gasteiger partial charge in [0.1, 0.15) is 5.75 Å². The molecule has 1 aromatic carbocycles. The Kier molecular flexibility index (Phi) is 13.3. The minimum absolute atomic E-state index is 0.149. The van der Waals surface area contributed by atoms with Crippen LogP contribution in [0.3, 0.4) is 0 Å². The number of benzene rings is 1. The molecule has 0 heterocycles. The lowest BCUT2D eigenvalue weighted by molar-refractivity contribution is 0.104. The summed E-state index contributed by atoms with van der Waals surface area (Å²) < 4.78 is 54.5. The Morgan fingerprint density at radius 3 is 1.75 bits per heavy atom. The van der Waals surface area contributed by atoms with Crippen LogP contribution < -0.4 is 4.74 Å². The van der Waals surface area contributed by atoms with Gasteiger partial charge in [-0.25, -0.2) is 0 Å². The van der Waals surface area contributed by atoms with Crippen molar-refractivity contribution in [2.24, 2.45) is 0 Å². The zero-order chi connectivity index (χ0) is 24.0. The van der Waals surface area contributed by atoms with Crippen molar-refractivity contribution in [3.05, 3.63) is 42.5 Å². The van der Waals surface area contributed by atoms with Gasteiger partial charge in [0, 0.05) is 5.56 Å². The van der Waals surface area contributed by atoms with Crippen molar-refractivity contribution in [3.8, 4) is 5.75 Å². The first-order valence-corrected chi connectivity index (χ1v) is 14.2. The number of hydrogen-bond acceptors (Lipinski definition) is 8. The molecule has 0 bridgehead atoms. The maximum Gasteiger partial charge on any atom is 0.345 e. The topological polar surface area (TPSA) is 97.4 Å². The molecule has 8 nitrogen and oxygen atoms in total. The molecule has 0 fully saturated rings. The van der Waals surface area contributed by atoms with Crippen LogP contribution in [0.2, 0.25) is 0 Å². The zero-order valence-electron chi connectivity index (χ0n) is 19.5. The Hall–Kier alpha value is -1.27. The number of ketones is 1. The molecule has 0 radical (unpaired) electrons. The van der Waals surface area contributed by atoms with Gasteiger partial charge in [-0.2, -0.15) is 0 Å². The van der Waals surface area contributed by atoms with E-state index in [9.17, 15) is 13.9 Å². The summed E-state index contributed by atoms with van der Waals surface area (Å²) in [7, 11) is -7.46. The molecule has 10 heteroatoms. The number of rotatable bonds is 18. The van der Waals surface area contributed by atoms with Crippen molar-refractivity contribution in [1.82, 2.24) is 0 Å². The summed E-state index contributed by atoms with van der Waals surface area (Å²) in [6.45, 7) is 11.3. The minimum atomic E-state index is -3.73. The second-order valence-electron chi connectivity index (χ2n) is 6.67. The molecule has 0 aromatic heterocycles. The van der Waals surface area contributed by atoms with Gasteiger partial charge in [0.25, 0.3) is 0 Å². The van der Waals surface area contributed by atoms with Crippen LogP contribution in [-0.2, 0) is 27.2 Å². The molecule has 0 unspecified atom stereocenters. The highest BCUT2D eigenvalue weighted by Gasteiger charge is 2.50. The van der Waals surface area contributed by atoms with Crippen LogP contribution in [0.25, 0.3) is 0 Å². The van der Waals surface area contributed by atoms with E-state index in [4.69, 9.17) is 22.8 Å². The fourth-order valence-electron chi connectivity index (χ4n) is 3.08. The first kappa shape index (κ1) is 28.8. The van der Waals surface area contributed by atoms with Gasteiger partial charge in [-0.3, -0.25) is 13.9 Å². The molecular formula is C22H36O8P2. The van der Waals surface area contributed by atoms with Crippen LogP contribution >= 0.6 is 15.2 Å². The molecule has 182 valence electrons. The molecule has 0 atom stereocenters. The SMILES string of the molecule is C=CC(=O)c1ccc(OCCCCC(P(=O)(OCC)OCC)P(=O)(OCC)OCC)cc1. The molecule has 0 saturated heterocycles. The Bertz CT molecular complexity index is 744. The highest BCUT2D eigenvalue weighted by atomic mass is 31.2. The van der Waals surface area contributed by atoms with Gasteiger partial charge in [0.15, 0.2) is 11.2 Å². The number of unbranched alkanes of at least 4 members (excludes halogenated alkanes) is 1. The molecule has 1 rings (SSSR count). The molecule has 32 heavy (non-hydrogen) atoms. The van der Waals surface area contributed by atoms with E-state index < -0.39 is 20.6 Å². The Morgan fingerprint density at radius 1 is 0.875 bits per heavy atom. The van der Waals surface area contributed by atoms with Gasteiger partial charge in [0.2, 0.25) is 0 Å². The molecule has 0 spiro atoms. The third-order valence-electron chi connectivity index (χ3n) is 4.42. The maximum absolute atomic E-state index is 13.5. The fourth-order valence-corrected chi connectivity index (χ4v) is 8.54. The largest absolute Gasteiger partial charge is 0.494 e. The van der Waals surface area contributed by atoms with E-state index in [1.54, 1.807) is 52.0 Å². The number of carbonyl (C=O) groups is 1. The quantitative estimate of drug-likeness (QED) is 0.100. The van der Waals surface area contributed by atoms with Crippen molar-refractivity contribution < 1.29 is 36.8 Å². The highest BCUT2D eigenvalue weighted by molar-refractivity contribution is 7.72. The second-order valence-corrected chi connectivity index (χ2v) is 11.5. The van der Waals surface area contributed by atoms with Crippen molar-refractivity contribution in [2.75, 3.05) is 33.0 Å². The van der Waals surface area contributed by atoms with Gasteiger partial charge in [-0.15, -0.1) is 0 Å². The predicted octanol–water partition coefficient (Wildman–Crippen LogP) is 6.46. The lowest BCUT2D eigenvalue weighted by atomic mass is 10.1. The highest BCUT2D eigenvalue weighted by Crippen LogP contribution is 2.71. The predicted molar refractivity (Wildman–Crippen MR) is 126 cm³/mol. The summed E-state index contributed by atoms with van der Waals surface area (Å²) in [5.74, 6) is 0.481. The van der Waals surface area contributed by atoms with E-state index in [2.05, 4.69) is 6.58 Å². The standard InChI is InChI=1S/C22H36O8P2/c1-6-21(23)19-14-16-20(17-15-19)26-18-12-11-13-22(31(24,27-7-2)28-8-3)32(25,29-9-4)30-10-5/h6,14-17,22H,1,7-13,18H2,2-5H3. The summed E-state index contributed by atoms with van der Waals surface area (Å²) >= 11 is 0. The molecule has 1 aromatic rings. The third-order valence-corrected chi connectivity index (χ3v) is 10.6. The molecule has 0 saturated carbocycles. The second kappa shape index (κ2) is 14.8. The lowest BCUT2D eigenvalue weighted by Gasteiger charge is -2.31. The smallest absolute Gasteiger partial charge is 0.345 e. The summed E-state index contributed by atoms with van der Waals surface area (Å²) in [5, 5.41) is -1.01. The van der Waals surface area contributed by atoms with Gasteiger partial charge in [-0.05, 0) is 77.3 Å². The van der Waals surface area contributed by atoms with Crippen LogP contribution in [-0.4, -0.2) is 44.2 Å². The average Bonchev–Trinajstić information content (AvgIpc) is 2.76. The molecular weight excluding hydrogens is 454 g/mol. The van der Waals surface area contributed by atoms with E-state index >= 15 is 0 Å². The van der Waals surface area contributed by atoms with Crippen LogP contribution in [0.15, 0.2) is 36.9 Å². The zero-order valence-corrected chi connectivity index (χ0v) is 21.3. The van der Waals surface area contributed by atoms with Crippen LogP contribution in [0.4, 0.5) is 0 Å². The van der Waals surface area contributed by atoms with Gasteiger partial charge < -0.3 is 22.8 Å². The van der Waals surface area contributed by atoms with E-state index in [0.717, 1.165) is 0 Å². The minimum Gasteiger partial charge on any atom is -0.494 e. The van der Waals surface area contributed by atoms with Gasteiger partial charge >= 0.3 is 15.2 Å². The van der Waals surface area contributed by atoms with Crippen molar-refractivity contribution >= 4 is 21.0 Å². The van der Waals surface area contributed by atoms with Crippen molar-refractivity contribution in [2.45, 2.75) is 52.4 Å². The molecule has 0 aliphatic rings. The van der Waals surface area contributed by atoms with Crippen LogP contribution in [0.1, 0.15) is 57.3 Å². The number of hydrogen-bond donors (Lipinski definition) is 0. The Morgan fingerprint density at radius 2 is 1.34 bits per heavy atom. The lowest BCUT2D eigenvalue weighted by Crippen LogP contribution is -2.18. The van der Waals surface area contributed by atoms with E-state index in [-0.39, 0.29) is 38.6 Å². The first-order valence-electron chi connectivity index (χ1n) is 11.0. The van der Waals surface area contributed by atoms with Crippen molar-refractivity contribution in [3.63, 3.8) is 0 Å². The molecule has 0 aliphatic carbocycles. The summed E-state index contributed by atoms with van der Waals surface area (Å²) in [4.78, 5) is 11.6. The summed E-state index contributed by atoms with van der Waals surface area (Å²) in [6, 6.07) is 6.79. The molecule has 0 N–H and O–H groups in total. The van der Waals surface area contributed by atoms with E-state index in [1.165, 1.54) is 6.08 Å². The monoisotopic (exact) mass is 490 g/mol. The summed E-state index contributed by atoms with van der Waals surface area (Å²) in [5.41, 5.74) is 0.542. The molecule has 0 amide bonds. The number of allylic oxidation sites excluding steroid dienone is 1. The average molecular weight is 490 g/mol. The van der Waals surface area contributed by atoms with Gasteiger partial charge in [-0.1, -0.05) is 6.58 Å². The number of ether oxygens (including phenoxy) is 1. The Labute approximate surface area is 191 Å². The van der Waals surface area contributed by atoms with Crippen molar-refractivity contribution in [1.29, 1.82) is 0 Å². The normalized spacial score (nSPS) is 12.2. The van der Waals surface area contributed by atoms with Gasteiger partial charge in [0.05, 0.1) is 33.0 Å².